The summed E-state index contributed by atoms with van der Waals surface area (Å²) in [5, 5.41) is 14.7. The van der Waals surface area contributed by atoms with Crippen molar-refractivity contribution in [2.75, 3.05) is 31.5 Å². The molecule has 5 aromatic rings. The van der Waals surface area contributed by atoms with E-state index < -0.39 is 25.1 Å². The number of oxazole rings is 1. The van der Waals surface area contributed by atoms with E-state index in [1.54, 1.807) is 35.2 Å². The first-order chi connectivity index (χ1) is 22.1. The summed E-state index contributed by atoms with van der Waals surface area (Å²) in [4.78, 5) is 39.0. The second-order valence-electron chi connectivity index (χ2n) is 10.6. The Hall–Kier alpha value is -5.04. The van der Waals surface area contributed by atoms with Crippen LogP contribution in [0, 0.1) is 5.92 Å². The van der Waals surface area contributed by atoms with Gasteiger partial charge in [0.05, 0.1) is 18.9 Å². The van der Waals surface area contributed by atoms with E-state index in [1.807, 2.05) is 30.3 Å². The summed E-state index contributed by atoms with van der Waals surface area (Å²) in [5.41, 5.74) is 3.16. The van der Waals surface area contributed by atoms with Gasteiger partial charge in [-0.1, -0.05) is 30.3 Å². The molecular formula is C30H28FN9O3. The highest BCUT2D eigenvalue weighted by atomic mass is 19.1. The van der Waals surface area contributed by atoms with Crippen LogP contribution in [0.2, 0.25) is 0 Å². The Morgan fingerprint density at radius 1 is 1.09 bits per heavy atom. The Kier molecular flexibility index (Phi) is 6.01. The van der Waals surface area contributed by atoms with E-state index in [0.717, 1.165) is 5.56 Å². The zero-order valence-corrected chi connectivity index (χ0v) is 22.8. The summed E-state index contributed by atoms with van der Waals surface area (Å²) in [5.74, 6) is -0.666. The standard InChI is InChI=1S/C30H28FN9O3/c1-38-36-27(35-37-38)26(18-5-3-2-4-6-18)39-11-13-40(14-12-39)30(42)24-15-19(9-10-32-24)29-34-23-16-20(7-8-25(23)43-29)33-28(41)21-17-22(21)31/h2-10,15-16,21-22,26H,11-14,17H2,1H3,(H,33,41)/t21?,22-,26+/m0/s1/i1D3. The van der Waals surface area contributed by atoms with Crippen LogP contribution in [0.5, 0.6) is 0 Å². The van der Waals surface area contributed by atoms with Crippen LogP contribution in [0.1, 0.15) is 38.5 Å². The first-order valence-electron chi connectivity index (χ1n) is 15.3. The molecule has 0 radical (unpaired) electrons. The van der Waals surface area contributed by atoms with E-state index >= 15 is 0 Å². The maximum Gasteiger partial charge on any atom is 0.272 e. The minimum Gasteiger partial charge on any atom is -0.436 e. The summed E-state index contributed by atoms with van der Waals surface area (Å²) in [6.45, 7) is -0.811. The highest BCUT2D eigenvalue weighted by molar-refractivity contribution is 5.96. The number of pyridine rings is 1. The molecule has 7 rings (SSSR count). The van der Waals surface area contributed by atoms with E-state index in [-0.39, 0.29) is 35.6 Å². The van der Waals surface area contributed by atoms with Gasteiger partial charge in [0.2, 0.25) is 11.8 Å². The van der Waals surface area contributed by atoms with Crippen molar-refractivity contribution in [3.8, 4) is 11.5 Å². The Bertz CT molecular complexity index is 1910. The summed E-state index contributed by atoms with van der Waals surface area (Å²) in [6.07, 6.45) is 0.676. The maximum atomic E-state index is 13.5. The smallest absolute Gasteiger partial charge is 0.272 e. The fourth-order valence-corrected chi connectivity index (χ4v) is 5.32. The minimum absolute atomic E-state index is 0.230. The second-order valence-corrected chi connectivity index (χ2v) is 10.6. The first-order valence-corrected chi connectivity index (χ1v) is 13.8. The van der Waals surface area contributed by atoms with Crippen LogP contribution >= 0.6 is 0 Å². The number of alkyl halides is 1. The van der Waals surface area contributed by atoms with Gasteiger partial charge in [-0.2, -0.15) is 4.80 Å². The number of tetrazole rings is 1. The molecule has 1 saturated carbocycles. The van der Waals surface area contributed by atoms with Crippen molar-refractivity contribution in [1.82, 2.24) is 40.0 Å². The molecule has 0 spiro atoms. The average molecular weight is 585 g/mol. The number of nitrogens with zero attached hydrogens (tertiary/aromatic N) is 8. The van der Waals surface area contributed by atoms with E-state index in [9.17, 15) is 14.0 Å². The summed E-state index contributed by atoms with van der Waals surface area (Å²) < 4.78 is 42.0. The number of carbonyl (C=O) groups excluding carboxylic acids is 2. The SMILES string of the molecule is [2H]C([2H])([2H])n1nnc([C@@H](c2ccccc2)N2CCN(C(=O)c3cc(-c4nc5cc(NC(=O)C6C[C@@H]6F)ccc5o4)ccn3)CC2)n1. The number of fused-ring (bicyclic) bond motifs is 1. The van der Waals surface area contributed by atoms with Gasteiger partial charge in [0, 0.05) is 47.7 Å². The molecule has 1 N–H and O–H groups in total. The number of halogens is 1. The fourth-order valence-electron chi connectivity index (χ4n) is 5.32. The van der Waals surface area contributed by atoms with Gasteiger partial charge in [0.15, 0.2) is 11.4 Å². The molecule has 0 bridgehead atoms. The minimum atomic E-state index is -2.55. The zero-order chi connectivity index (χ0) is 32.0. The molecule has 43 heavy (non-hydrogen) atoms. The van der Waals surface area contributed by atoms with Crippen molar-refractivity contribution in [2.24, 2.45) is 12.9 Å². The molecule has 1 aliphatic heterocycles. The van der Waals surface area contributed by atoms with E-state index in [4.69, 9.17) is 8.53 Å². The molecule has 12 nitrogen and oxygen atoms in total. The quantitative estimate of drug-likeness (QED) is 0.306. The zero-order valence-electron chi connectivity index (χ0n) is 25.8. The third kappa shape index (κ3) is 5.46. The number of piperazine rings is 1. The molecule has 218 valence electrons. The Morgan fingerprint density at radius 3 is 2.65 bits per heavy atom. The van der Waals surface area contributed by atoms with Crippen LogP contribution in [0.4, 0.5) is 10.1 Å². The van der Waals surface area contributed by atoms with Crippen LogP contribution in [-0.4, -0.2) is 84.1 Å². The fraction of sp³-hybridized carbons (Fsp3) is 0.300. The molecule has 2 amide bonds. The third-order valence-corrected chi connectivity index (χ3v) is 7.69. The monoisotopic (exact) mass is 584 g/mol. The topological polar surface area (TPSA) is 135 Å². The molecule has 1 unspecified atom stereocenters. The lowest BCUT2D eigenvalue weighted by Gasteiger charge is -2.38. The van der Waals surface area contributed by atoms with Crippen molar-refractivity contribution in [3.63, 3.8) is 0 Å². The van der Waals surface area contributed by atoms with Gasteiger partial charge in [0.1, 0.15) is 17.4 Å². The molecule has 13 heteroatoms. The number of hydrogen-bond acceptors (Lipinski definition) is 9. The molecule has 3 atom stereocenters. The number of aromatic nitrogens is 6. The second kappa shape index (κ2) is 11.0. The van der Waals surface area contributed by atoms with Crippen molar-refractivity contribution >= 4 is 28.6 Å². The molecule has 2 fully saturated rings. The van der Waals surface area contributed by atoms with Gasteiger partial charge in [-0.3, -0.25) is 19.5 Å². The lowest BCUT2D eigenvalue weighted by molar-refractivity contribution is -0.117. The van der Waals surface area contributed by atoms with Gasteiger partial charge in [-0.15, -0.1) is 10.2 Å². The van der Waals surface area contributed by atoms with E-state index in [2.05, 4.69) is 35.6 Å². The molecule has 1 saturated heterocycles. The number of nitrogens with one attached hydrogen (secondary N) is 1. The van der Waals surface area contributed by atoms with Gasteiger partial charge >= 0.3 is 0 Å². The van der Waals surface area contributed by atoms with Crippen LogP contribution in [-0.2, 0) is 11.8 Å². The molecular weight excluding hydrogens is 553 g/mol. The van der Waals surface area contributed by atoms with Crippen LogP contribution in [0.15, 0.2) is 71.3 Å². The molecule has 1 aliphatic carbocycles. The average Bonchev–Trinajstić information content (AvgIpc) is 3.39. The number of aryl methyl sites for hydroxylation is 1. The number of rotatable bonds is 7. The van der Waals surface area contributed by atoms with Crippen molar-refractivity contribution in [2.45, 2.75) is 18.6 Å². The number of benzene rings is 2. The van der Waals surface area contributed by atoms with Crippen molar-refractivity contribution in [1.29, 1.82) is 0 Å². The van der Waals surface area contributed by atoms with Crippen LogP contribution < -0.4 is 5.32 Å². The highest BCUT2D eigenvalue weighted by Gasteiger charge is 2.43. The molecule has 2 aromatic carbocycles. The largest absolute Gasteiger partial charge is 0.436 e. The molecule has 3 aromatic heterocycles. The van der Waals surface area contributed by atoms with Gasteiger partial charge < -0.3 is 14.6 Å². The lowest BCUT2D eigenvalue weighted by atomic mass is 10.0. The predicted octanol–water partition coefficient (Wildman–Crippen LogP) is 3.26. The van der Waals surface area contributed by atoms with Gasteiger partial charge in [0.25, 0.3) is 5.91 Å². The van der Waals surface area contributed by atoms with E-state index in [1.165, 1.54) is 6.20 Å². The first kappa shape index (κ1) is 23.5. The van der Waals surface area contributed by atoms with Gasteiger partial charge in [-0.25, -0.2) is 9.37 Å². The Morgan fingerprint density at radius 2 is 1.91 bits per heavy atom. The summed E-state index contributed by atoms with van der Waals surface area (Å²) >= 11 is 0. The summed E-state index contributed by atoms with van der Waals surface area (Å²) in [6, 6.07) is 17.4. The Balaban J connectivity index is 1.05. The molecule has 4 heterocycles. The van der Waals surface area contributed by atoms with Crippen molar-refractivity contribution in [3.05, 3.63) is 83.9 Å². The number of amides is 2. The number of carbonyl (C=O) groups is 2. The Labute approximate surface area is 249 Å². The highest BCUT2D eigenvalue weighted by Crippen LogP contribution is 2.35. The van der Waals surface area contributed by atoms with Crippen LogP contribution in [0.3, 0.4) is 0 Å². The predicted molar refractivity (Wildman–Crippen MR) is 153 cm³/mol. The summed E-state index contributed by atoms with van der Waals surface area (Å²) in [7, 11) is 0. The van der Waals surface area contributed by atoms with Gasteiger partial charge in [-0.05, 0) is 47.5 Å². The van der Waals surface area contributed by atoms with E-state index in [0.29, 0.717) is 53.3 Å². The third-order valence-electron chi connectivity index (χ3n) is 7.69. The lowest BCUT2D eigenvalue weighted by Crippen LogP contribution is -2.50. The normalized spacial score (nSPS) is 20.7. The maximum absolute atomic E-state index is 13.5. The van der Waals surface area contributed by atoms with Crippen LogP contribution in [0.25, 0.3) is 22.6 Å². The van der Waals surface area contributed by atoms with Crippen molar-refractivity contribution < 1.29 is 22.5 Å². The number of hydrogen-bond donors (Lipinski definition) is 1. The molecule has 2 aliphatic rings. The number of anilines is 1.